The van der Waals surface area contributed by atoms with Crippen LogP contribution in [0.4, 0.5) is 13.2 Å². The summed E-state index contributed by atoms with van der Waals surface area (Å²) in [5, 5.41) is 10.7. The van der Waals surface area contributed by atoms with Gasteiger partial charge < -0.3 is 5.11 Å². The first kappa shape index (κ1) is 13.4. The lowest BCUT2D eigenvalue weighted by Crippen LogP contribution is -2.31. The van der Waals surface area contributed by atoms with Crippen molar-refractivity contribution < 1.29 is 18.3 Å². The topological polar surface area (TPSA) is 20.2 Å². The molecule has 1 N–H and O–H groups in total. The summed E-state index contributed by atoms with van der Waals surface area (Å²) >= 11 is 0. The first-order valence-corrected chi connectivity index (χ1v) is 6.28. The van der Waals surface area contributed by atoms with E-state index in [1.165, 1.54) is 12.1 Å². The van der Waals surface area contributed by atoms with Crippen LogP contribution >= 0.6 is 0 Å². The second-order valence-electron chi connectivity index (χ2n) is 4.99. The predicted octanol–water partition coefficient (Wildman–Crippen LogP) is 4.10. The normalized spacial score (nSPS) is 19.6. The van der Waals surface area contributed by atoms with Crippen molar-refractivity contribution in [3.8, 4) is 0 Å². The van der Waals surface area contributed by atoms with Gasteiger partial charge in [0, 0.05) is 0 Å². The van der Waals surface area contributed by atoms with Gasteiger partial charge in [-0.25, -0.2) is 0 Å². The molecule has 1 saturated carbocycles. The predicted molar refractivity (Wildman–Crippen MR) is 63.0 cm³/mol. The molecule has 1 fully saturated rings. The quantitative estimate of drug-likeness (QED) is 0.862. The Morgan fingerprint density at radius 1 is 1.17 bits per heavy atom. The highest BCUT2D eigenvalue weighted by Gasteiger charge is 2.48. The molecule has 1 aliphatic rings. The lowest BCUT2D eigenvalue weighted by molar-refractivity contribution is -0.141. The monoisotopic (exact) mass is 258 g/mol. The average Bonchev–Trinajstić information content (AvgIpc) is 3.12. The zero-order valence-corrected chi connectivity index (χ0v) is 10.3. The highest BCUT2D eigenvalue weighted by Crippen LogP contribution is 2.50. The number of benzene rings is 1. The van der Waals surface area contributed by atoms with Crippen LogP contribution in [-0.2, 0) is 11.8 Å². The van der Waals surface area contributed by atoms with E-state index in [9.17, 15) is 18.3 Å². The van der Waals surface area contributed by atoms with Gasteiger partial charge in [0.25, 0.3) is 0 Å². The summed E-state index contributed by atoms with van der Waals surface area (Å²) in [4.78, 5) is 0. The summed E-state index contributed by atoms with van der Waals surface area (Å²) in [6, 6.07) is 5.40. The van der Waals surface area contributed by atoms with Crippen LogP contribution in [-0.4, -0.2) is 5.11 Å². The molecule has 18 heavy (non-hydrogen) atoms. The molecule has 2 rings (SSSR count). The minimum Gasteiger partial charge on any atom is -0.385 e. The zero-order valence-electron chi connectivity index (χ0n) is 10.3. The van der Waals surface area contributed by atoms with E-state index in [0.29, 0.717) is 12.8 Å². The minimum absolute atomic E-state index is 0.0269. The Morgan fingerprint density at radius 3 is 2.17 bits per heavy atom. The molecule has 4 heteroatoms. The molecular weight excluding hydrogens is 241 g/mol. The highest BCUT2D eigenvalue weighted by molar-refractivity contribution is 5.36. The molecular formula is C14H17F3O. The van der Waals surface area contributed by atoms with Crippen molar-refractivity contribution in [3.63, 3.8) is 0 Å². The molecule has 100 valence electrons. The smallest absolute Gasteiger partial charge is 0.385 e. The summed E-state index contributed by atoms with van der Waals surface area (Å²) in [5.41, 5.74) is -1.98. The van der Waals surface area contributed by atoms with Crippen LogP contribution in [0.2, 0.25) is 0 Å². The van der Waals surface area contributed by atoms with Crippen LogP contribution in [0.15, 0.2) is 24.3 Å². The molecule has 1 unspecified atom stereocenters. The van der Waals surface area contributed by atoms with Crippen LogP contribution in [0.3, 0.4) is 0 Å². The summed E-state index contributed by atoms with van der Waals surface area (Å²) in [6.45, 7) is 1.88. The molecule has 0 spiro atoms. The van der Waals surface area contributed by atoms with Gasteiger partial charge in [0.05, 0.1) is 11.2 Å². The largest absolute Gasteiger partial charge is 0.416 e. The van der Waals surface area contributed by atoms with Crippen LogP contribution < -0.4 is 0 Å². The SMILES string of the molecule is CCCC(O)(c1ccccc1C(F)(F)F)C1CC1. The summed E-state index contributed by atoms with van der Waals surface area (Å²) in [7, 11) is 0. The third kappa shape index (κ3) is 2.39. The molecule has 0 heterocycles. The van der Waals surface area contributed by atoms with Gasteiger partial charge in [-0.15, -0.1) is 0 Å². The highest BCUT2D eigenvalue weighted by atomic mass is 19.4. The maximum Gasteiger partial charge on any atom is 0.416 e. The van der Waals surface area contributed by atoms with Crippen molar-refractivity contribution >= 4 is 0 Å². The van der Waals surface area contributed by atoms with Crippen molar-refractivity contribution in [2.75, 3.05) is 0 Å². The Bertz CT molecular complexity index is 423. The lowest BCUT2D eigenvalue weighted by atomic mass is 9.82. The van der Waals surface area contributed by atoms with E-state index in [1.54, 1.807) is 6.07 Å². The summed E-state index contributed by atoms with van der Waals surface area (Å²) in [5.74, 6) is -0.0269. The second kappa shape index (κ2) is 4.57. The van der Waals surface area contributed by atoms with Gasteiger partial charge in [-0.3, -0.25) is 0 Å². The molecule has 1 aromatic rings. The van der Waals surface area contributed by atoms with E-state index in [-0.39, 0.29) is 11.5 Å². The number of hydrogen-bond donors (Lipinski definition) is 1. The van der Waals surface area contributed by atoms with E-state index in [1.807, 2.05) is 6.92 Å². The van der Waals surface area contributed by atoms with Crippen molar-refractivity contribution in [2.45, 2.75) is 44.4 Å². The maximum absolute atomic E-state index is 13.0. The van der Waals surface area contributed by atoms with Gasteiger partial charge in [-0.2, -0.15) is 13.2 Å². The molecule has 0 aliphatic heterocycles. The molecule has 0 radical (unpaired) electrons. The van der Waals surface area contributed by atoms with Crippen LogP contribution in [0.1, 0.15) is 43.7 Å². The maximum atomic E-state index is 13.0. The van der Waals surface area contributed by atoms with Crippen LogP contribution in [0.5, 0.6) is 0 Å². The molecule has 1 atom stereocenters. The first-order valence-electron chi connectivity index (χ1n) is 6.28. The van der Waals surface area contributed by atoms with Gasteiger partial charge in [0.15, 0.2) is 0 Å². The van der Waals surface area contributed by atoms with E-state index >= 15 is 0 Å². The third-order valence-electron chi connectivity index (χ3n) is 3.58. The Morgan fingerprint density at radius 2 is 1.72 bits per heavy atom. The fraction of sp³-hybridized carbons (Fsp3) is 0.571. The minimum atomic E-state index is -4.41. The van der Waals surface area contributed by atoms with Gasteiger partial charge >= 0.3 is 6.18 Å². The fourth-order valence-electron chi connectivity index (χ4n) is 2.61. The van der Waals surface area contributed by atoms with Gasteiger partial charge in [-0.1, -0.05) is 31.5 Å². The number of aliphatic hydroxyl groups is 1. The van der Waals surface area contributed by atoms with Gasteiger partial charge in [0.2, 0.25) is 0 Å². The van der Waals surface area contributed by atoms with Crippen molar-refractivity contribution in [1.82, 2.24) is 0 Å². The number of halogens is 3. The van der Waals surface area contributed by atoms with E-state index in [0.717, 1.165) is 18.9 Å². The molecule has 0 bridgehead atoms. The van der Waals surface area contributed by atoms with Gasteiger partial charge in [0.1, 0.15) is 0 Å². The molecule has 0 aromatic heterocycles. The van der Waals surface area contributed by atoms with E-state index < -0.39 is 17.3 Å². The van der Waals surface area contributed by atoms with Crippen LogP contribution in [0, 0.1) is 5.92 Å². The van der Waals surface area contributed by atoms with Crippen molar-refractivity contribution in [2.24, 2.45) is 5.92 Å². The summed E-state index contributed by atoms with van der Waals surface area (Å²) in [6.07, 6.45) is -1.75. The molecule has 0 saturated heterocycles. The van der Waals surface area contributed by atoms with E-state index in [4.69, 9.17) is 0 Å². The Balaban J connectivity index is 2.48. The number of hydrogen-bond acceptors (Lipinski definition) is 1. The molecule has 1 nitrogen and oxygen atoms in total. The summed E-state index contributed by atoms with van der Waals surface area (Å²) < 4.78 is 39.0. The number of rotatable bonds is 4. The second-order valence-corrected chi connectivity index (χ2v) is 4.99. The van der Waals surface area contributed by atoms with Crippen molar-refractivity contribution in [3.05, 3.63) is 35.4 Å². The first-order chi connectivity index (χ1) is 8.39. The Hall–Kier alpha value is -1.03. The third-order valence-corrected chi connectivity index (χ3v) is 3.58. The van der Waals surface area contributed by atoms with Crippen LogP contribution in [0.25, 0.3) is 0 Å². The molecule has 1 aliphatic carbocycles. The number of alkyl halides is 3. The van der Waals surface area contributed by atoms with Gasteiger partial charge in [-0.05, 0) is 36.8 Å². The Labute approximate surface area is 105 Å². The molecule has 1 aromatic carbocycles. The van der Waals surface area contributed by atoms with Crippen molar-refractivity contribution in [1.29, 1.82) is 0 Å². The lowest BCUT2D eigenvalue weighted by Gasteiger charge is -2.31. The molecule has 0 amide bonds. The Kier molecular flexibility index (Phi) is 3.41. The zero-order chi connectivity index (χ0) is 13.4. The average molecular weight is 258 g/mol. The van der Waals surface area contributed by atoms with E-state index in [2.05, 4.69) is 0 Å². The standard InChI is InChI=1S/C14H17F3O/c1-2-9-13(18,10-7-8-10)11-5-3-4-6-12(11)14(15,16)17/h3-6,10,18H,2,7-9H2,1H3. The fourth-order valence-corrected chi connectivity index (χ4v) is 2.61.